The Labute approximate surface area is 205 Å². The van der Waals surface area contributed by atoms with Gasteiger partial charge in [0.05, 0.1) is 6.42 Å². The van der Waals surface area contributed by atoms with Crippen LogP contribution < -0.4 is 10.1 Å². The average Bonchev–Trinajstić information content (AvgIpc) is 2.89. The summed E-state index contributed by atoms with van der Waals surface area (Å²) in [4.78, 5) is 17.0. The van der Waals surface area contributed by atoms with Crippen LogP contribution in [0, 0.1) is 6.92 Å². The number of hydrogen-bond acceptors (Lipinski definition) is 3. The van der Waals surface area contributed by atoms with Crippen molar-refractivity contribution in [3.8, 4) is 22.6 Å². The number of nitrogens with zero attached hydrogens (tertiary/aromatic N) is 1. The molecule has 0 aliphatic rings. The number of carbonyl (C=O) groups is 1. The maximum absolute atomic E-state index is 12.7. The fourth-order valence-corrected chi connectivity index (χ4v) is 4.21. The zero-order valence-corrected chi connectivity index (χ0v) is 19.6. The van der Waals surface area contributed by atoms with Crippen molar-refractivity contribution < 1.29 is 9.53 Å². The summed E-state index contributed by atoms with van der Waals surface area (Å²) in [5.74, 6) is 1.50. The first-order valence-corrected chi connectivity index (χ1v) is 11.7. The largest absolute Gasteiger partial charge is 0.457 e. The van der Waals surface area contributed by atoms with Gasteiger partial charge in [-0.1, -0.05) is 72.3 Å². The van der Waals surface area contributed by atoms with Crippen LogP contribution in [-0.4, -0.2) is 10.9 Å². The zero-order chi connectivity index (χ0) is 24.0. The van der Waals surface area contributed by atoms with Gasteiger partial charge in [0, 0.05) is 24.3 Å². The van der Waals surface area contributed by atoms with Gasteiger partial charge in [0.25, 0.3) is 0 Å². The van der Waals surface area contributed by atoms with Crippen LogP contribution in [0.15, 0.2) is 109 Å². The van der Waals surface area contributed by atoms with E-state index in [1.807, 2.05) is 73.1 Å². The highest BCUT2D eigenvalue weighted by Gasteiger charge is 2.10. The molecule has 0 atom stereocenters. The lowest BCUT2D eigenvalue weighted by atomic mass is 9.95. The van der Waals surface area contributed by atoms with Crippen molar-refractivity contribution in [1.82, 2.24) is 10.3 Å². The van der Waals surface area contributed by atoms with Gasteiger partial charge in [0.2, 0.25) is 5.91 Å². The summed E-state index contributed by atoms with van der Waals surface area (Å²) in [7, 11) is 0. The number of hydrogen-bond donors (Lipinski definition) is 1. The molecule has 0 fully saturated rings. The Morgan fingerprint density at radius 1 is 0.829 bits per heavy atom. The van der Waals surface area contributed by atoms with Gasteiger partial charge in [-0.15, -0.1) is 0 Å². The van der Waals surface area contributed by atoms with E-state index in [0.717, 1.165) is 33.4 Å². The number of carbonyl (C=O) groups excluding carboxylic acids is 1. The summed E-state index contributed by atoms with van der Waals surface area (Å²) in [5, 5.41) is 5.25. The van der Waals surface area contributed by atoms with E-state index < -0.39 is 0 Å². The Kier molecular flexibility index (Phi) is 6.53. The number of amides is 1. The van der Waals surface area contributed by atoms with Crippen molar-refractivity contribution in [2.24, 2.45) is 0 Å². The Bertz CT molecular complexity index is 1460. The molecule has 5 rings (SSSR count). The lowest BCUT2D eigenvalue weighted by Gasteiger charge is -2.13. The number of nitrogens with one attached hydrogen (secondary N) is 1. The maximum Gasteiger partial charge on any atom is 0.224 e. The second-order valence-electron chi connectivity index (χ2n) is 8.58. The maximum atomic E-state index is 12.7. The van der Waals surface area contributed by atoms with Crippen molar-refractivity contribution in [3.63, 3.8) is 0 Å². The van der Waals surface area contributed by atoms with Crippen LogP contribution in [-0.2, 0) is 17.8 Å². The summed E-state index contributed by atoms with van der Waals surface area (Å²) in [6.07, 6.45) is 4.00. The van der Waals surface area contributed by atoms with Gasteiger partial charge in [0.15, 0.2) is 0 Å². The first kappa shape index (κ1) is 22.4. The van der Waals surface area contributed by atoms with E-state index in [-0.39, 0.29) is 5.91 Å². The third-order valence-electron chi connectivity index (χ3n) is 5.98. The van der Waals surface area contributed by atoms with Gasteiger partial charge in [-0.05, 0) is 64.9 Å². The molecule has 0 aliphatic carbocycles. The van der Waals surface area contributed by atoms with Crippen LogP contribution in [0.2, 0.25) is 0 Å². The highest BCUT2D eigenvalue weighted by molar-refractivity contribution is 5.98. The number of ether oxygens (including phenoxy) is 1. The first-order chi connectivity index (χ1) is 17.2. The van der Waals surface area contributed by atoms with Crippen molar-refractivity contribution in [2.45, 2.75) is 19.9 Å². The van der Waals surface area contributed by atoms with E-state index >= 15 is 0 Å². The number of para-hydroxylation sites is 1. The Balaban J connectivity index is 1.26. The number of fused-ring (bicyclic) bond motifs is 1. The van der Waals surface area contributed by atoms with E-state index in [1.165, 1.54) is 16.7 Å². The molecule has 35 heavy (non-hydrogen) atoms. The summed E-state index contributed by atoms with van der Waals surface area (Å²) in [5.41, 5.74) is 5.55. The van der Waals surface area contributed by atoms with Gasteiger partial charge >= 0.3 is 0 Å². The second kappa shape index (κ2) is 10.2. The average molecular weight is 459 g/mol. The molecule has 4 nitrogen and oxygen atoms in total. The molecule has 172 valence electrons. The lowest BCUT2D eigenvalue weighted by Crippen LogP contribution is -2.24. The third-order valence-corrected chi connectivity index (χ3v) is 5.98. The van der Waals surface area contributed by atoms with E-state index in [0.29, 0.717) is 13.0 Å². The Morgan fingerprint density at radius 2 is 1.63 bits per heavy atom. The molecular weight excluding hydrogens is 432 g/mol. The van der Waals surface area contributed by atoms with Crippen LogP contribution >= 0.6 is 0 Å². The number of pyridine rings is 1. The first-order valence-electron chi connectivity index (χ1n) is 11.7. The number of aromatic nitrogens is 1. The smallest absolute Gasteiger partial charge is 0.224 e. The quantitative estimate of drug-likeness (QED) is 0.290. The standard InChI is InChI=1S/C31H26N2O2/c1-22-6-5-7-24(18-22)28-15-12-25(30-21-32-17-16-29(28)30)20-33-31(34)19-23-10-13-27(14-11-23)35-26-8-3-2-4-9-26/h2-18,21H,19-20H2,1H3,(H,33,34). The SMILES string of the molecule is Cc1cccc(-c2ccc(CNC(=O)Cc3ccc(Oc4ccccc4)cc3)c3cnccc23)c1. The van der Waals surface area contributed by atoms with Gasteiger partial charge in [-0.25, -0.2) is 0 Å². The van der Waals surface area contributed by atoms with E-state index in [1.54, 1.807) is 0 Å². The van der Waals surface area contributed by atoms with Crippen LogP contribution in [0.4, 0.5) is 0 Å². The highest BCUT2D eigenvalue weighted by atomic mass is 16.5. The number of benzene rings is 4. The molecule has 1 aromatic heterocycles. The predicted molar refractivity (Wildman–Crippen MR) is 140 cm³/mol. The molecule has 0 unspecified atom stereocenters. The Morgan fingerprint density at radius 3 is 2.43 bits per heavy atom. The molecule has 0 aliphatic heterocycles. The fraction of sp³-hybridized carbons (Fsp3) is 0.0968. The number of rotatable bonds is 7. The molecule has 1 N–H and O–H groups in total. The molecule has 0 saturated heterocycles. The molecule has 4 aromatic carbocycles. The second-order valence-corrected chi connectivity index (χ2v) is 8.58. The molecule has 4 heteroatoms. The topological polar surface area (TPSA) is 51.2 Å². The minimum atomic E-state index is -0.0264. The van der Waals surface area contributed by atoms with Crippen molar-refractivity contribution in [2.75, 3.05) is 0 Å². The summed E-state index contributed by atoms with van der Waals surface area (Å²) in [6.45, 7) is 2.55. The zero-order valence-electron chi connectivity index (χ0n) is 19.6. The van der Waals surface area contributed by atoms with Crippen LogP contribution in [0.25, 0.3) is 21.9 Å². The normalized spacial score (nSPS) is 10.8. The molecule has 0 bridgehead atoms. The van der Waals surface area contributed by atoms with Crippen molar-refractivity contribution >= 4 is 16.7 Å². The van der Waals surface area contributed by atoms with Crippen LogP contribution in [0.5, 0.6) is 11.5 Å². The van der Waals surface area contributed by atoms with Crippen LogP contribution in [0.1, 0.15) is 16.7 Å². The van der Waals surface area contributed by atoms with E-state index in [4.69, 9.17) is 4.74 Å². The van der Waals surface area contributed by atoms with Gasteiger partial charge in [0.1, 0.15) is 11.5 Å². The molecule has 1 heterocycles. The Hall–Kier alpha value is -4.44. The summed E-state index contributed by atoms with van der Waals surface area (Å²) < 4.78 is 5.83. The lowest BCUT2D eigenvalue weighted by molar-refractivity contribution is -0.120. The molecular formula is C31H26N2O2. The van der Waals surface area contributed by atoms with Crippen LogP contribution in [0.3, 0.4) is 0 Å². The molecule has 0 saturated carbocycles. The predicted octanol–water partition coefficient (Wildman–Crippen LogP) is 6.86. The van der Waals surface area contributed by atoms with Crippen molar-refractivity contribution in [1.29, 1.82) is 0 Å². The van der Waals surface area contributed by atoms with Crippen molar-refractivity contribution in [3.05, 3.63) is 126 Å². The minimum absolute atomic E-state index is 0.0264. The highest BCUT2D eigenvalue weighted by Crippen LogP contribution is 2.31. The molecule has 5 aromatic rings. The van der Waals surface area contributed by atoms with E-state index in [9.17, 15) is 4.79 Å². The van der Waals surface area contributed by atoms with Gasteiger partial charge < -0.3 is 10.1 Å². The van der Waals surface area contributed by atoms with Gasteiger partial charge in [-0.2, -0.15) is 0 Å². The molecule has 0 spiro atoms. The third kappa shape index (κ3) is 5.39. The fourth-order valence-electron chi connectivity index (χ4n) is 4.21. The van der Waals surface area contributed by atoms with Gasteiger partial charge in [-0.3, -0.25) is 9.78 Å². The monoisotopic (exact) mass is 458 g/mol. The summed E-state index contributed by atoms with van der Waals surface area (Å²) >= 11 is 0. The minimum Gasteiger partial charge on any atom is -0.457 e. The molecule has 0 radical (unpaired) electrons. The number of aryl methyl sites for hydroxylation is 1. The van der Waals surface area contributed by atoms with E-state index in [2.05, 4.69) is 53.6 Å². The molecule has 1 amide bonds. The summed E-state index contributed by atoms with van der Waals surface area (Å²) in [6, 6.07) is 32.0.